The Morgan fingerprint density at radius 2 is 1.93 bits per heavy atom. The lowest BCUT2D eigenvalue weighted by atomic mass is 9.98. The van der Waals surface area contributed by atoms with Crippen LogP contribution in [0.2, 0.25) is 0 Å². The van der Waals surface area contributed by atoms with Crippen molar-refractivity contribution in [1.82, 2.24) is 9.97 Å². The molecular weight excluding hydrogens is 191 g/mol. The lowest BCUT2D eigenvalue weighted by Gasteiger charge is -2.01. The van der Waals surface area contributed by atoms with Gasteiger partial charge in [0.1, 0.15) is 7.85 Å². The van der Waals surface area contributed by atoms with Gasteiger partial charge in [0, 0.05) is 12.4 Å². The average Bonchev–Trinajstić information content (AvgIpc) is 2.27. The summed E-state index contributed by atoms with van der Waals surface area (Å²) in [4.78, 5) is 19.3. The first-order valence-corrected chi connectivity index (χ1v) is 4.30. The maximum Gasteiger partial charge on any atom is 0.339 e. The highest BCUT2D eigenvalue weighted by Crippen LogP contribution is 2.09. The Bertz CT molecular complexity index is 528. The summed E-state index contributed by atoms with van der Waals surface area (Å²) in [6.07, 6.45) is 2.96. The molecule has 0 spiro atoms. The quantitative estimate of drug-likeness (QED) is 0.485. The van der Waals surface area contributed by atoms with Crippen molar-refractivity contribution in [2.75, 3.05) is 7.11 Å². The first kappa shape index (κ1) is 9.64. The standard InChI is InChI=1S/C10H7BN2O2/c1-15-10(14)6-2-8-9(12-4-6)3-7(11)5-13-8/h2-5H,1H3. The fraction of sp³-hybridized carbons (Fsp3) is 0.100. The molecule has 4 nitrogen and oxygen atoms in total. The number of nitrogens with zero attached hydrogens (tertiary/aromatic N) is 2. The van der Waals surface area contributed by atoms with Crippen molar-refractivity contribution in [2.24, 2.45) is 0 Å². The Hall–Kier alpha value is -1.91. The number of ether oxygens (including phenoxy) is 1. The maximum absolute atomic E-state index is 11.2. The van der Waals surface area contributed by atoms with Crippen LogP contribution in [0.4, 0.5) is 0 Å². The first-order valence-electron chi connectivity index (χ1n) is 4.30. The van der Waals surface area contributed by atoms with Crippen molar-refractivity contribution in [3.8, 4) is 0 Å². The molecule has 2 rings (SSSR count). The summed E-state index contributed by atoms with van der Waals surface area (Å²) in [5, 5.41) is 0. The average molecular weight is 198 g/mol. The van der Waals surface area contributed by atoms with Crippen molar-refractivity contribution in [2.45, 2.75) is 0 Å². The summed E-state index contributed by atoms with van der Waals surface area (Å²) in [5.74, 6) is -0.428. The molecule has 0 fully saturated rings. The van der Waals surface area contributed by atoms with E-state index < -0.39 is 5.97 Å². The normalized spacial score (nSPS) is 10.2. The molecule has 0 saturated carbocycles. The number of hydrogen-bond acceptors (Lipinski definition) is 4. The van der Waals surface area contributed by atoms with E-state index in [9.17, 15) is 4.79 Å². The van der Waals surface area contributed by atoms with Gasteiger partial charge in [0.2, 0.25) is 0 Å². The summed E-state index contributed by atoms with van der Waals surface area (Å²) in [6, 6.07) is 3.32. The van der Waals surface area contributed by atoms with E-state index in [2.05, 4.69) is 14.7 Å². The number of rotatable bonds is 1. The Kier molecular flexibility index (Phi) is 2.37. The van der Waals surface area contributed by atoms with Crippen LogP contribution in [0.25, 0.3) is 11.0 Å². The van der Waals surface area contributed by atoms with Crippen LogP contribution < -0.4 is 5.46 Å². The third-order valence-electron chi connectivity index (χ3n) is 1.97. The zero-order chi connectivity index (χ0) is 10.8. The maximum atomic E-state index is 11.2. The van der Waals surface area contributed by atoms with Gasteiger partial charge in [0.05, 0.1) is 23.7 Å². The van der Waals surface area contributed by atoms with Crippen LogP contribution in [0.1, 0.15) is 10.4 Å². The molecule has 15 heavy (non-hydrogen) atoms. The van der Waals surface area contributed by atoms with Gasteiger partial charge in [-0.25, -0.2) is 4.79 Å². The zero-order valence-corrected chi connectivity index (χ0v) is 8.10. The lowest BCUT2D eigenvalue weighted by Crippen LogP contribution is -2.05. The third-order valence-corrected chi connectivity index (χ3v) is 1.97. The fourth-order valence-corrected chi connectivity index (χ4v) is 1.25. The highest BCUT2D eigenvalue weighted by atomic mass is 16.5. The first-order chi connectivity index (χ1) is 7.20. The second-order valence-electron chi connectivity index (χ2n) is 3.02. The Morgan fingerprint density at radius 3 is 2.67 bits per heavy atom. The van der Waals surface area contributed by atoms with Crippen molar-refractivity contribution >= 4 is 30.3 Å². The monoisotopic (exact) mass is 198 g/mol. The van der Waals surface area contributed by atoms with Gasteiger partial charge in [-0.3, -0.25) is 9.97 Å². The predicted molar refractivity (Wildman–Crippen MR) is 56.3 cm³/mol. The summed E-state index contributed by atoms with van der Waals surface area (Å²) < 4.78 is 4.58. The molecule has 0 N–H and O–H groups in total. The van der Waals surface area contributed by atoms with Gasteiger partial charge in [-0.15, -0.1) is 0 Å². The summed E-state index contributed by atoms with van der Waals surface area (Å²) >= 11 is 0. The molecule has 2 aromatic heterocycles. The van der Waals surface area contributed by atoms with Gasteiger partial charge in [-0.2, -0.15) is 0 Å². The van der Waals surface area contributed by atoms with E-state index in [0.29, 0.717) is 22.1 Å². The van der Waals surface area contributed by atoms with E-state index in [0.717, 1.165) is 0 Å². The van der Waals surface area contributed by atoms with Gasteiger partial charge < -0.3 is 4.74 Å². The van der Waals surface area contributed by atoms with E-state index in [4.69, 9.17) is 7.85 Å². The van der Waals surface area contributed by atoms with E-state index in [-0.39, 0.29) is 0 Å². The molecule has 0 amide bonds. The third kappa shape index (κ3) is 1.81. The molecule has 0 bridgehead atoms. The molecule has 0 aliphatic heterocycles. The molecule has 2 radical (unpaired) electrons. The van der Waals surface area contributed by atoms with Crippen LogP contribution in [0.3, 0.4) is 0 Å². The fourth-order valence-electron chi connectivity index (χ4n) is 1.25. The van der Waals surface area contributed by atoms with Gasteiger partial charge in [-0.1, -0.05) is 5.46 Å². The topological polar surface area (TPSA) is 52.1 Å². The SMILES string of the molecule is [B]c1cnc2cc(C(=O)OC)cnc2c1. The Morgan fingerprint density at radius 1 is 1.27 bits per heavy atom. The van der Waals surface area contributed by atoms with Crippen LogP contribution in [-0.2, 0) is 4.74 Å². The Balaban J connectivity index is 2.57. The number of pyridine rings is 2. The van der Waals surface area contributed by atoms with Crippen LogP contribution >= 0.6 is 0 Å². The second-order valence-corrected chi connectivity index (χ2v) is 3.02. The molecule has 0 unspecified atom stereocenters. The highest BCUT2D eigenvalue weighted by molar-refractivity contribution is 6.32. The van der Waals surface area contributed by atoms with Gasteiger partial charge in [0.25, 0.3) is 0 Å². The number of fused-ring (bicyclic) bond motifs is 1. The zero-order valence-electron chi connectivity index (χ0n) is 8.10. The molecule has 2 heterocycles. The molecule has 0 aliphatic rings. The minimum atomic E-state index is -0.428. The van der Waals surface area contributed by atoms with Crippen LogP contribution in [0.5, 0.6) is 0 Å². The molecule has 72 valence electrons. The van der Waals surface area contributed by atoms with Gasteiger partial charge in [-0.05, 0) is 12.1 Å². The van der Waals surface area contributed by atoms with Crippen LogP contribution in [0.15, 0.2) is 24.5 Å². The number of esters is 1. The highest BCUT2D eigenvalue weighted by Gasteiger charge is 2.07. The van der Waals surface area contributed by atoms with Crippen molar-refractivity contribution in [1.29, 1.82) is 0 Å². The van der Waals surface area contributed by atoms with Crippen molar-refractivity contribution < 1.29 is 9.53 Å². The molecule has 0 saturated heterocycles. The second kappa shape index (κ2) is 3.69. The number of aromatic nitrogens is 2. The molecule has 0 aromatic carbocycles. The summed E-state index contributed by atoms with van der Waals surface area (Å²) in [7, 11) is 6.88. The van der Waals surface area contributed by atoms with E-state index in [1.54, 1.807) is 12.1 Å². The molecular formula is C10H7BN2O2. The van der Waals surface area contributed by atoms with E-state index in [1.807, 2.05) is 0 Å². The summed E-state index contributed by atoms with van der Waals surface area (Å²) in [6.45, 7) is 0. The molecule has 2 aromatic rings. The van der Waals surface area contributed by atoms with Crippen LogP contribution in [-0.4, -0.2) is 30.9 Å². The number of carbonyl (C=O) groups is 1. The van der Waals surface area contributed by atoms with Crippen LogP contribution in [0, 0.1) is 0 Å². The van der Waals surface area contributed by atoms with Gasteiger partial charge >= 0.3 is 5.97 Å². The predicted octanol–water partition coefficient (Wildman–Crippen LogP) is 0.210. The van der Waals surface area contributed by atoms with Gasteiger partial charge in [0.15, 0.2) is 0 Å². The number of methoxy groups -OCH3 is 1. The van der Waals surface area contributed by atoms with Crippen molar-refractivity contribution in [3.05, 3.63) is 30.1 Å². The minimum Gasteiger partial charge on any atom is -0.465 e. The number of carbonyl (C=O) groups excluding carboxylic acids is 1. The molecule has 5 heteroatoms. The summed E-state index contributed by atoms with van der Waals surface area (Å²) in [5.41, 5.74) is 2.19. The lowest BCUT2D eigenvalue weighted by molar-refractivity contribution is 0.0600. The smallest absolute Gasteiger partial charge is 0.339 e. The molecule has 0 atom stereocenters. The minimum absolute atomic E-state index is 0.377. The largest absolute Gasteiger partial charge is 0.465 e. The molecule has 0 aliphatic carbocycles. The van der Waals surface area contributed by atoms with Crippen molar-refractivity contribution in [3.63, 3.8) is 0 Å². The van der Waals surface area contributed by atoms with E-state index >= 15 is 0 Å². The number of hydrogen-bond donors (Lipinski definition) is 0. The Labute approximate surface area is 87.7 Å². The van der Waals surface area contributed by atoms with E-state index in [1.165, 1.54) is 19.5 Å².